The first-order chi connectivity index (χ1) is 15.9. The second kappa shape index (κ2) is 8.63. The Labute approximate surface area is 193 Å². The lowest BCUT2D eigenvalue weighted by Crippen LogP contribution is -2.10. The van der Waals surface area contributed by atoms with Gasteiger partial charge in [-0.3, -0.25) is 4.79 Å². The number of nitrogens with zero attached hydrogens (tertiary/aromatic N) is 1. The predicted molar refractivity (Wildman–Crippen MR) is 126 cm³/mol. The van der Waals surface area contributed by atoms with Gasteiger partial charge in [-0.25, -0.2) is 4.98 Å². The first kappa shape index (κ1) is 21.6. The fourth-order valence-electron chi connectivity index (χ4n) is 4.28. The van der Waals surface area contributed by atoms with Crippen molar-refractivity contribution in [1.82, 2.24) is 4.98 Å². The Bertz CT molecular complexity index is 1290. The molecule has 1 aromatic heterocycles. The quantitative estimate of drug-likeness (QED) is 0.302. The zero-order valence-corrected chi connectivity index (χ0v) is 18.5. The van der Waals surface area contributed by atoms with Crippen molar-refractivity contribution in [2.45, 2.75) is 31.9 Å². The fourth-order valence-corrected chi connectivity index (χ4v) is 5.14. The van der Waals surface area contributed by atoms with E-state index in [9.17, 15) is 18.0 Å². The summed E-state index contributed by atoms with van der Waals surface area (Å²) < 4.78 is 39.5. The third kappa shape index (κ3) is 4.64. The molecule has 5 rings (SSSR count). The second-order valence-corrected chi connectivity index (χ2v) is 9.36. The van der Waals surface area contributed by atoms with Crippen molar-refractivity contribution in [3.63, 3.8) is 0 Å². The molecule has 3 aromatic carbocycles. The smallest absolute Gasteiger partial charge is 0.332 e. The maximum atomic E-state index is 12.9. The van der Waals surface area contributed by atoms with Crippen LogP contribution in [-0.2, 0) is 6.18 Å². The van der Waals surface area contributed by atoms with Crippen LogP contribution in [0.15, 0.2) is 66.7 Å². The van der Waals surface area contributed by atoms with Crippen LogP contribution in [0.1, 0.15) is 41.6 Å². The normalized spacial score (nSPS) is 14.6. The molecule has 168 valence electrons. The number of Topliss-reactive ketones (excluding diaryl/α,β-unsaturated/α-hetero) is 1. The zero-order chi connectivity index (χ0) is 23.0. The number of ketones is 1. The largest absolute Gasteiger partial charge is 0.416 e. The maximum absolute atomic E-state index is 12.9. The van der Waals surface area contributed by atoms with Crippen LogP contribution in [-0.4, -0.2) is 10.8 Å². The number of anilines is 2. The number of halogens is 3. The molecule has 33 heavy (non-hydrogen) atoms. The number of fused-ring (bicyclic) bond motifs is 1. The monoisotopic (exact) mass is 466 g/mol. The van der Waals surface area contributed by atoms with Gasteiger partial charge in [-0.15, -0.1) is 0 Å². The molecule has 0 amide bonds. The Morgan fingerprint density at radius 3 is 2.18 bits per heavy atom. The molecule has 4 aromatic rings. The molecule has 1 heterocycles. The summed E-state index contributed by atoms with van der Waals surface area (Å²) in [6, 6.07) is 19.1. The minimum absolute atomic E-state index is 0.170. The summed E-state index contributed by atoms with van der Waals surface area (Å²) in [5.41, 5.74) is 3.22. The number of nitrogens with one attached hydrogen (secondary N) is 1. The van der Waals surface area contributed by atoms with Crippen molar-refractivity contribution >= 4 is 38.2 Å². The number of benzene rings is 3. The summed E-state index contributed by atoms with van der Waals surface area (Å²) in [6.45, 7) is 0. The number of alkyl halides is 3. The molecule has 1 aliphatic rings. The molecular weight excluding hydrogens is 445 g/mol. The van der Waals surface area contributed by atoms with Crippen LogP contribution >= 0.6 is 11.3 Å². The second-order valence-electron chi connectivity index (χ2n) is 8.32. The van der Waals surface area contributed by atoms with E-state index in [4.69, 9.17) is 0 Å². The first-order valence-corrected chi connectivity index (χ1v) is 11.7. The van der Waals surface area contributed by atoms with Gasteiger partial charge in [0.25, 0.3) is 0 Å². The highest BCUT2D eigenvalue weighted by Gasteiger charge is 2.30. The van der Waals surface area contributed by atoms with E-state index in [0.717, 1.165) is 60.2 Å². The zero-order valence-electron chi connectivity index (χ0n) is 17.7. The maximum Gasteiger partial charge on any atom is 0.416 e. The van der Waals surface area contributed by atoms with Gasteiger partial charge in [0.2, 0.25) is 0 Å². The SMILES string of the molecule is O=C(c1ccc(-c2ccc(Nc3nc4cc(C(F)(F)F)ccc4s3)cc2)cc1)C1CCCC1. The van der Waals surface area contributed by atoms with Gasteiger partial charge in [-0.2, -0.15) is 13.2 Å². The number of rotatable bonds is 5. The van der Waals surface area contributed by atoms with Crippen LogP contribution < -0.4 is 5.32 Å². The third-order valence-electron chi connectivity index (χ3n) is 6.08. The molecule has 0 unspecified atom stereocenters. The third-order valence-corrected chi connectivity index (χ3v) is 7.03. The topological polar surface area (TPSA) is 42.0 Å². The van der Waals surface area contributed by atoms with Crippen molar-refractivity contribution < 1.29 is 18.0 Å². The van der Waals surface area contributed by atoms with Crippen LogP contribution in [0.5, 0.6) is 0 Å². The fraction of sp³-hybridized carbons (Fsp3) is 0.231. The molecule has 0 radical (unpaired) electrons. The van der Waals surface area contributed by atoms with Crippen molar-refractivity contribution in [2.24, 2.45) is 5.92 Å². The Kier molecular flexibility index (Phi) is 5.66. The van der Waals surface area contributed by atoms with E-state index in [2.05, 4.69) is 10.3 Å². The van der Waals surface area contributed by atoms with E-state index in [0.29, 0.717) is 15.3 Å². The van der Waals surface area contributed by atoms with Gasteiger partial charge < -0.3 is 5.32 Å². The van der Waals surface area contributed by atoms with Crippen molar-refractivity contribution in [3.8, 4) is 11.1 Å². The summed E-state index contributed by atoms with van der Waals surface area (Å²) in [6.07, 6.45) is -0.120. The number of carbonyl (C=O) groups excluding carboxylic acids is 1. The number of carbonyl (C=O) groups is 1. The Morgan fingerprint density at radius 2 is 1.55 bits per heavy atom. The lowest BCUT2D eigenvalue weighted by molar-refractivity contribution is -0.137. The molecule has 3 nitrogen and oxygen atoms in total. The highest BCUT2D eigenvalue weighted by atomic mass is 32.1. The Morgan fingerprint density at radius 1 is 0.909 bits per heavy atom. The molecule has 1 N–H and O–H groups in total. The van der Waals surface area contributed by atoms with Gasteiger partial charge >= 0.3 is 6.18 Å². The molecule has 1 saturated carbocycles. The van der Waals surface area contributed by atoms with E-state index in [1.165, 1.54) is 17.4 Å². The molecule has 0 aliphatic heterocycles. The van der Waals surface area contributed by atoms with Crippen LogP contribution in [0.3, 0.4) is 0 Å². The van der Waals surface area contributed by atoms with Gasteiger partial charge in [0, 0.05) is 17.2 Å². The highest BCUT2D eigenvalue weighted by Crippen LogP contribution is 2.35. The van der Waals surface area contributed by atoms with Crippen LogP contribution in [0.25, 0.3) is 21.3 Å². The summed E-state index contributed by atoms with van der Waals surface area (Å²) in [5, 5.41) is 3.70. The van der Waals surface area contributed by atoms with Crippen molar-refractivity contribution in [3.05, 3.63) is 77.9 Å². The van der Waals surface area contributed by atoms with Crippen molar-refractivity contribution in [1.29, 1.82) is 0 Å². The summed E-state index contributed by atoms with van der Waals surface area (Å²) in [4.78, 5) is 16.9. The minimum atomic E-state index is -4.39. The summed E-state index contributed by atoms with van der Waals surface area (Å²) in [5.74, 6) is 0.417. The molecule has 0 atom stereocenters. The molecule has 0 bridgehead atoms. The molecule has 1 fully saturated rings. The molecule has 0 spiro atoms. The van der Waals surface area contributed by atoms with E-state index in [-0.39, 0.29) is 11.7 Å². The highest BCUT2D eigenvalue weighted by molar-refractivity contribution is 7.22. The lowest BCUT2D eigenvalue weighted by atomic mass is 9.94. The van der Waals surface area contributed by atoms with Gasteiger partial charge in [0.15, 0.2) is 10.9 Å². The number of thiazole rings is 1. The van der Waals surface area contributed by atoms with Gasteiger partial charge in [-0.1, -0.05) is 60.6 Å². The van der Waals surface area contributed by atoms with E-state index in [1.54, 1.807) is 0 Å². The Balaban J connectivity index is 1.29. The first-order valence-electron chi connectivity index (χ1n) is 10.9. The molecule has 1 aliphatic carbocycles. The van der Waals surface area contributed by atoms with E-state index >= 15 is 0 Å². The van der Waals surface area contributed by atoms with E-state index < -0.39 is 11.7 Å². The van der Waals surface area contributed by atoms with Crippen molar-refractivity contribution in [2.75, 3.05) is 5.32 Å². The lowest BCUT2D eigenvalue weighted by Gasteiger charge is -2.09. The van der Waals surface area contributed by atoms with Gasteiger partial charge in [0.05, 0.1) is 15.8 Å². The Hall–Kier alpha value is -3.19. The van der Waals surface area contributed by atoms with E-state index in [1.807, 2.05) is 48.5 Å². The van der Waals surface area contributed by atoms with Crippen LogP contribution in [0, 0.1) is 5.92 Å². The van der Waals surface area contributed by atoms with Crippen LogP contribution in [0.4, 0.5) is 24.0 Å². The average molecular weight is 467 g/mol. The van der Waals surface area contributed by atoms with Gasteiger partial charge in [-0.05, 0) is 54.3 Å². The summed E-state index contributed by atoms with van der Waals surface area (Å²) >= 11 is 1.31. The summed E-state index contributed by atoms with van der Waals surface area (Å²) in [7, 11) is 0. The number of hydrogen-bond acceptors (Lipinski definition) is 4. The van der Waals surface area contributed by atoms with Crippen LogP contribution in [0.2, 0.25) is 0 Å². The number of hydrogen-bond donors (Lipinski definition) is 1. The average Bonchev–Trinajstić information content (AvgIpc) is 3.48. The van der Waals surface area contributed by atoms with Gasteiger partial charge in [0.1, 0.15) is 0 Å². The number of aromatic nitrogens is 1. The minimum Gasteiger partial charge on any atom is -0.332 e. The predicted octanol–water partition coefficient (Wildman–Crippen LogP) is 8.10. The standard InChI is InChI=1S/C26H21F3N2OS/c27-26(28,29)20-11-14-23-22(15-20)31-25(33-23)30-21-12-9-17(10-13-21)16-5-7-19(8-6-16)24(32)18-3-1-2-4-18/h5-15,18H,1-4H2,(H,30,31). The molecular formula is C26H21F3N2OS. The molecule has 0 saturated heterocycles. The molecule has 7 heteroatoms.